The van der Waals surface area contributed by atoms with Crippen LogP contribution in [0.15, 0.2) is 60.8 Å². The van der Waals surface area contributed by atoms with Crippen molar-refractivity contribution in [2.24, 2.45) is 0 Å². The highest BCUT2D eigenvalue weighted by atomic mass is 16.5. The van der Waals surface area contributed by atoms with E-state index in [9.17, 15) is 0 Å². The Bertz CT molecular complexity index is 878. The first kappa shape index (κ1) is 15.5. The summed E-state index contributed by atoms with van der Waals surface area (Å²) in [5.41, 5.74) is 4.53. The molecule has 0 radical (unpaired) electrons. The van der Waals surface area contributed by atoms with Gasteiger partial charge in [0, 0.05) is 35.9 Å². The van der Waals surface area contributed by atoms with Crippen LogP contribution in [0.4, 0.5) is 5.82 Å². The zero-order chi connectivity index (χ0) is 17.1. The second-order valence-corrected chi connectivity index (χ2v) is 5.97. The zero-order valence-corrected chi connectivity index (χ0v) is 14.2. The van der Waals surface area contributed by atoms with Crippen LogP contribution in [0.1, 0.15) is 11.1 Å². The van der Waals surface area contributed by atoms with Crippen LogP contribution in [0.5, 0.6) is 11.5 Å². The van der Waals surface area contributed by atoms with Gasteiger partial charge in [-0.2, -0.15) is 0 Å². The number of para-hydroxylation sites is 1. The van der Waals surface area contributed by atoms with E-state index < -0.39 is 0 Å². The molecule has 0 saturated carbocycles. The molecule has 25 heavy (non-hydrogen) atoms. The zero-order valence-electron chi connectivity index (χ0n) is 14.2. The van der Waals surface area contributed by atoms with Crippen LogP contribution in [0.2, 0.25) is 0 Å². The van der Waals surface area contributed by atoms with Crippen LogP contribution in [-0.2, 0) is 13.0 Å². The van der Waals surface area contributed by atoms with Crippen LogP contribution in [0.25, 0.3) is 11.1 Å². The molecule has 2 aromatic carbocycles. The van der Waals surface area contributed by atoms with Gasteiger partial charge in [0.15, 0.2) is 11.6 Å². The van der Waals surface area contributed by atoms with Crippen LogP contribution in [0.3, 0.4) is 0 Å². The maximum Gasteiger partial charge on any atom is 0.169 e. The van der Waals surface area contributed by atoms with Crippen LogP contribution < -0.4 is 14.8 Å². The van der Waals surface area contributed by atoms with Gasteiger partial charge >= 0.3 is 0 Å². The number of nitrogens with zero attached hydrogens (tertiary/aromatic N) is 1. The van der Waals surface area contributed by atoms with Gasteiger partial charge in [0.25, 0.3) is 0 Å². The average Bonchev–Trinajstić information content (AvgIpc) is 3.17. The summed E-state index contributed by atoms with van der Waals surface area (Å²) >= 11 is 0. The lowest BCUT2D eigenvalue weighted by Gasteiger charge is -2.14. The fraction of sp³-hybridized carbons (Fsp3) is 0.190. The van der Waals surface area contributed by atoms with E-state index in [0.717, 1.165) is 41.4 Å². The van der Waals surface area contributed by atoms with Gasteiger partial charge < -0.3 is 14.8 Å². The number of nitrogens with one attached hydrogen (secondary N) is 1. The molecule has 4 heteroatoms. The molecule has 126 valence electrons. The number of hydrogen-bond donors (Lipinski definition) is 1. The monoisotopic (exact) mass is 332 g/mol. The maximum atomic E-state index is 5.89. The Kier molecular flexibility index (Phi) is 4.25. The molecule has 1 aromatic heterocycles. The molecule has 2 heterocycles. The molecule has 0 atom stereocenters. The lowest BCUT2D eigenvalue weighted by atomic mass is 9.99. The number of pyridine rings is 1. The van der Waals surface area contributed by atoms with Crippen molar-refractivity contribution in [3.63, 3.8) is 0 Å². The molecule has 0 aliphatic carbocycles. The molecule has 0 fully saturated rings. The summed E-state index contributed by atoms with van der Waals surface area (Å²) in [6.07, 6.45) is 2.80. The molecule has 1 aliphatic heterocycles. The minimum Gasteiger partial charge on any atom is -0.496 e. The van der Waals surface area contributed by atoms with Crippen molar-refractivity contribution in [2.75, 3.05) is 19.0 Å². The number of methoxy groups -OCH3 is 1. The van der Waals surface area contributed by atoms with Crippen LogP contribution in [0, 0.1) is 0 Å². The number of benzene rings is 2. The summed E-state index contributed by atoms with van der Waals surface area (Å²) in [5.74, 6) is 2.51. The molecule has 0 saturated heterocycles. The lowest BCUT2D eigenvalue weighted by molar-refractivity contribution is 0.357. The van der Waals surface area contributed by atoms with Crippen molar-refractivity contribution in [3.8, 4) is 22.6 Å². The van der Waals surface area contributed by atoms with E-state index in [1.54, 1.807) is 7.11 Å². The van der Waals surface area contributed by atoms with E-state index in [-0.39, 0.29) is 0 Å². The first-order valence-electron chi connectivity index (χ1n) is 8.42. The Morgan fingerprint density at radius 1 is 1.04 bits per heavy atom. The predicted molar refractivity (Wildman–Crippen MR) is 99.2 cm³/mol. The topological polar surface area (TPSA) is 43.4 Å². The van der Waals surface area contributed by atoms with Gasteiger partial charge in [0.2, 0.25) is 0 Å². The fourth-order valence-corrected chi connectivity index (χ4v) is 3.20. The largest absolute Gasteiger partial charge is 0.496 e. The summed E-state index contributed by atoms with van der Waals surface area (Å²) in [7, 11) is 1.69. The SMILES string of the molecule is COc1ccccc1-c1cnc(NCc2ccccc2)c2c1CCO2. The van der Waals surface area contributed by atoms with Gasteiger partial charge in [0.1, 0.15) is 5.75 Å². The fourth-order valence-electron chi connectivity index (χ4n) is 3.20. The minimum absolute atomic E-state index is 0.684. The Hall–Kier alpha value is -3.01. The Morgan fingerprint density at radius 3 is 2.68 bits per heavy atom. The molecule has 0 unspecified atom stereocenters. The summed E-state index contributed by atoms with van der Waals surface area (Å²) in [5, 5.41) is 3.40. The van der Waals surface area contributed by atoms with Gasteiger partial charge in [-0.3, -0.25) is 0 Å². The Balaban J connectivity index is 1.67. The molecule has 3 aromatic rings. The van der Waals surface area contributed by atoms with Crippen molar-refractivity contribution in [1.82, 2.24) is 4.98 Å². The Labute approximate surface area is 147 Å². The first-order valence-corrected chi connectivity index (χ1v) is 8.42. The quantitative estimate of drug-likeness (QED) is 0.756. The third kappa shape index (κ3) is 3.03. The molecule has 0 bridgehead atoms. The number of aromatic nitrogens is 1. The first-order chi connectivity index (χ1) is 12.4. The summed E-state index contributed by atoms with van der Waals surface area (Å²) in [4.78, 5) is 4.63. The van der Waals surface area contributed by atoms with Crippen molar-refractivity contribution < 1.29 is 9.47 Å². The molecule has 4 rings (SSSR count). The molecular weight excluding hydrogens is 312 g/mol. The van der Waals surface area contributed by atoms with E-state index >= 15 is 0 Å². The van der Waals surface area contributed by atoms with E-state index in [0.29, 0.717) is 6.61 Å². The minimum atomic E-state index is 0.684. The summed E-state index contributed by atoms with van der Waals surface area (Å²) in [6.45, 7) is 1.40. The average molecular weight is 332 g/mol. The number of anilines is 1. The third-order valence-corrected chi connectivity index (χ3v) is 4.44. The molecule has 1 aliphatic rings. The van der Waals surface area contributed by atoms with Gasteiger partial charge in [-0.25, -0.2) is 4.98 Å². The van der Waals surface area contributed by atoms with Crippen molar-refractivity contribution in [3.05, 3.63) is 71.9 Å². The van der Waals surface area contributed by atoms with E-state index in [4.69, 9.17) is 9.47 Å². The van der Waals surface area contributed by atoms with Crippen molar-refractivity contribution in [1.29, 1.82) is 0 Å². The third-order valence-electron chi connectivity index (χ3n) is 4.44. The van der Waals surface area contributed by atoms with Crippen LogP contribution >= 0.6 is 0 Å². The molecular formula is C21H20N2O2. The standard InChI is InChI=1S/C21H20N2O2/c1-24-19-10-6-5-9-16(19)18-14-23-21(20-17(18)11-12-25-20)22-13-15-7-3-2-4-8-15/h2-10,14H,11-13H2,1H3,(H,22,23). The summed E-state index contributed by atoms with van der Waals surface area (Å²) < 4.78 is 11.4. The van der Waals surface area contributed by atoms with E-state index in [1.165, 1.54) is 11.1 Å². The predicted octanol–water partition coefficient (Wildman–Crippen LogP) is 4.30. The highest BCUT2D eigenvalue weighted by Gasteiger charge is 2.23. The van der Waals surface area contributed by atoms with Crippen molar-refractivity contribution >= 4 is 5.82 Å². The van der Waals surface area contributed by atoms with Crippen molar-refractivity contribution in [2.45, 2.75) is 13.0 Å². The smallest absolute Gasteiger partial charge is 0.169 e. The number of rotatable bonds is 5. The lowest BCUT2D eigenvalue weighted by Crippen LogP contribution is -2.03. The number of ether oxygens (including phenoxy) is 2. The van der Waals surface area contributed by atoms with Gasteiger partial charge in [-0.1, -0.05) is 48.5 Å². The second-order valence-electron chi connectivity index (χ2n) is 5.97. The van der Waals surface area contributed by atoms with Gasteiger partial charge in [0.05, 0.1) is 13.7 Å². The maximum absolute atomic E-state index is 5.89. The molecule has 0 amide bonds. The molecule has 1 N–H and O–H groups in total. The highest BCUT2D eigenvalue weighted by molar-refractivity contribution is 5.78. The van der Waals surface area contributed by atoms with Gasteiger partial charge in [-0.05, 0) is 11.6 Å². The van der Waals surface area contributed by atoms with E-state index in [2.05, 4.69) is 28.5 Å². The molecule has 4 nitrogen and oxygen atoms in total. The second kappa shape index (κ2) is 6.85. The van der Waals surface area contributed by atoms with Crippen LogP contribution in [-0.4, -0.2) is 18.7 Å². The summed E-state index contributed by atoms with van der Waals surface area (Å²) in [6, 6.07) is 18.3. The van der Waals surface area contributed by atoms with Gasteiger partial charge in [-0.15, -0.1) is 0 Å². The van der Waals surface area contributed by atoms with E-state index in [1.807, 2.05) is 42.6 Å². The number of hydrogen-bond acceptors (Lipinski definition) is 4. The number of fused-ring (bicyclic) bond motifs is 1. The molecule has 0 spiro atoms. The highest BCUT2D eigenvalue weighted by Crippen LogP contribution is 2.41. The Morgan fingerprint density at radius 2 is 1.84 bits per heavy atom. The normalized spacial score (nSPS) is 12.4.